The Balaban J connectivity index is 1.88. The molecule has 19 heavy (non-hydrogen) atoms. The van der Waals surface area contributed by atoms with Gasteiger partial charge in [-0.2, -0.15) is 0 Å². The van der Waals surface area contributed by atoms with E-state index >= 15 is 0 Å². The van der Waals surface area contributed by atoms with Gasteiger partial charge in [-0.3, -0.25) is 4.79 Å². The first-order valence-corrected chi connectivity index (χ1v) is 7.00. The number of rotatable bonds is 2. The Labute approximate surface area is 121 Å². The molecule has 1 aromatic carbocycles. The van der Waals surface area contributed by atoms with E-state index in [-0.39, 0.29) is 23.6 Å². The molecule has 0 saturated carbocycles. The van der Waals surface area contributed by atoms with Gasteiger partial charge in [-0.15, -0.1) is 0 Å². The van der Waals surface area contributed by atoms with Crippen molar-refractivity contribution in [2.75, 3.05) is 19.6 Å². The number of likely N-dealkylation sites (tertiary alicyclic amines) is 1. The van der Waals surface area contributed by atoms with Crippen LogP contribution in [0.25, 0.3) is 0 Å². The second-order valence-electron chi connectivity index (χ2n) is 5.05. The Bertz CT molecular complexity index is 532. The van der Waals surface area contributed by atoms with Crippen molar-refractivity contribution in [1.82, 2.24) is 10.2 Å². The van der Waals surface area contributed by atoms with Crippen molar-refractivity contribution in [3.63, 3.8) is 0 Å². The highest BCUT2D eigenvalue weighted by atomic mass is 35.5. The molecule has 0 aromatic heterocycles. The molecule has 2 aliphatic heterocycles. The molecule has 2 heterocycles. The standard InChI is InChI=1S/C13H14Cl2N2O2/c14-9-1-2-10(18)12(13(9)15)7-3-11(19)17(6-7)8-4-16-5-8/h1-2,7-8,16,18H,3-6H2. The summed E-state index contributed by atoms with van der Waals surface area (Å²) in [6.45, 7) is 2.28. The third-order valence-electron chi connectivity index (χ3n) is 3.88. The molecule has 2 saturated heterocycles. The molecule has 1 atom stereocenters. The van der Waals surface area contributed by atoms with E-state index in [2.05, 4.69) is 5.32 Å². The van der Waals surface area contributed by atoms with Crippen LogP contribution < -0.4 is 5.32 Å². The summed E-state index contributed by atoms with van der Waals surface area (Å²) in [5, 5.41) is 13.9. The predicted molar refractivity (Wildman–Crippen MR) is 73.9 cm³/mol. The highest BCUT2D eigenvalue weighted by Gasteiger charge is 2.39. The molecule has 0 radical (unpaired) electrons. The monoisotopic (exact) mass is 300 g/mol. The predicted octanol–water partition coefficient (Wildman–Crippen LogP) is 1.99. The minimum Gasteiger partial charge on any atom is -0.508 e. The third-order valence-corrected chi connectivity index (χ3v) is 4.70. The van der Waals surface area contributed by atoms with Crippen LogP contribution in [0.2, 0.25) is 10.0 Å². The van der Waals surface area contributed by atoms with Crippen LogP contribution in [0.4, 0.5) is 0 Å². The van der Waals surface area contributed by atoms with Crippen molar-refractivity contribution < 1.29 is 9.90 Å². The van der Waals surface area contributed by atoms with Crippen molar-refractivity contribution in [2.24, 2.45) is 0 Å². The molecule has 0 spiro atoms. The Morgan fingerprint density at radius 3 is 2.68 bits per heavy atom. The topological polar surface area (TPSA) is 52.6 Å². The van der Waals surface area contributed by atoms with E-state index in [1.54, 1.807) is 6.07 Å². The summed E-state index contributed by atoms with van der Waals surface area (Å²) in [4.78, 5) is 13.9. The van der Waals surface area contributed by atoms with Gasteiger partial charge in [0.1, 0.15) is 5.75 Å². The summed E-state index contributed by atoms with van der Waals surface area (Å²) in [6.07, 6.45) is 0.379. The smallest absolute Gasteiger partial charge is 0.223 e. The lowest BCUT2D eigenvalue weighted by Gasteiger charge is -2.35. The maximum Gasteiger partial charge on any atom is 0.223 e. The van der Waals surface area contributed by atoms with Crippen LogP contribution in [-0.4, -0.2) is 41.6 Å². The second kappa shape index (κ2) is 4.85. The number of amides is 1. The number of aromatic hydroxyl groups is 1. The Morgan fingerprint density at radius 2 is 2.05 bits per heavy atom. The number of hydrogen-bond acceptors (Lipinski definition) is 3. The molecule has 1 amide bonds. The number of carbonyl (C=O) groups excluding carboxylic acids is 1. The molecule has 3 rings (SSSR count). The second-order valence-corrected chi connectivity index (χ2v) is 5.84. The van der Waals surface area contributed by atoms with Crippen LogP contribution in [0.5, 0.6) is 5.75 Å². The molecule has 6 heteroatoms. The van der Waals surface area contributed by atoms with Crippen LogP contribution >= 0.6 is 23.2 Å². The highest BCUT2D eigenvalue weighted by molar-refractivity contribution is 6.42. The number of halogens is 2. The van der Waals surface area contributed by atoms with Crippen molar-refractivity contribution in [3.05, 3.63) is 27.7 Å². The number of nitrogens with zero attached hydrogens (tertiary/aromatic N) is 1. The quantitative estimate of drug-likeness (QED) is 0.878. The lowest BCUT2D eigenvalue weighted by Crippen LogP contribution is -2.57. The molecule has 2 fully saturated rings. The number of phenolic OH excluding ortho intramolecular Hbond substituents is 1. The molecular formula is C13H14Cl2N2O2. The molecular weight excluding hydrogens is 287 g/mol. The number of hydrogen-bond donors (Lipinski definition) is 2. The normalized spacial score (nSPS) is 23.8. The summed E-state index contributed by atoms with van der Waals surface area (Å²) in [5.74, 6) is 0.145. The van der Waals surface area contributed by atoms with E-state index in [0.717, 1.165) is 13.1 Å². The van der Waals surface area contributed by atoms with Gasteiger partial charge in [0.2, 0.25) is 5.91 Å². The molecule has 2 aliphatic rings. The minimum atomic E-state index is -0.0840. The van der Waals surface area contributed by atoms with Gasteiger partial charge < -0.3 is 15.3 Å². The number of nitrogens with one attached hydrogen (secondary N) is 1. The first kappa shape index (κ1) is 13.0. The van der Waals surface area contributed by atoms with Crippen LogP contribution in [0.3, 0.4) is 0 Å². The maximum absolute atomic E-state index is 12.0. The van der Waals surface area contributed by atoms with E-state index in [4.69, 9.17) is 23.2 Å². The third kappa shape index (κ3) is 2.18. The van der Waals surface area contributed by atoms with Gasteiger partial charge in [-0.05, 0) is 12.1 Å². The van der Waals surface area contributed by atoms with Crippen LogP contribution in [0.1, 0.15) is 17.9 Å². The van der Waals surface area contributed by atoms with E-state index in [1.807, 2.05) is 4.90 Å². The van der Waals surface area contributed by atoms with Gasteiger partial charge >= 0.3 is 0 Å². The van der Waals surface area contributed by atoms with Gasteiger partial charge in [0.15, 0.2) is 0 Å². The van der Waals surface area contributed by atoms with Gasteiger partial charge in [-0.25, -0.2) is 0 Å². The van der Waals surface area contributed by atoms with Gasteiger partial charge in [-0.1, -0.05) is 23.2 Å². The lowest BCUT2D eigenvalue weighted by atomic mass is 9.97. The van der Waals surface area contributed by atoms with Crippen LogP contribution in [0, 0.1) is 0 Å². The minimum absolute atomic E-state index is 0.0840. The molecule has 1 unspecified atom stereocenters. The molecule has 4 nitrogen and oxygen atoms in total. The molecule has 2 N–H and O–H groups in total. The molecule has 1 aromatic rings. The summed E-state index contributed by atoms with van der Waals surface area (Å²) in [5.41, 5.74) is 0.595. The van der Waals surface area contributed by atoms with Crippen molar-refractivity contribution in [3.8, 4) is 5.75 Å². The van der Waals surface area contributed by atoms with E-state index < -0.39 is 0 Å². The Hall–Kier alpha value is -0.970. The van der Waals surface area contributed by atoms with Crippen molar-refractivity contribution in [2.45, 2.75) is 18.4 Å². The van der Waals surface area contributed by atoms with Gasteiger partial charge in [0.25, 0.3) is 0 Å². The van der Waals surface area contributed by atoms with E-state index in [9.17, 15) is 9.90 Å². The van der Waals surface area contributed by atoms with Gasteiger partial charge in [0.05, 0.1) is 16.1 Å². The summed E-state index contributed by atoms with van der Waals surface area (Å²) in [6, 6.07) is 3.37. The first-order valence-electron chi connectivity index (χ1n) is 6.25. The first-order chi connectivity index (χ1) is 9.08. The zero-order valence-electron chi connectivity index (χ0n) is 10.2. The average molecular weight is 301 g/mol. The Kier molecular flexibility index (Phi) is 3.33. The number of carbonyl (C=O) groups is 1. The summed E-state index contributed by atoms with van der Waals surface area (Å²) < 4.78 is 0. The van der Waals surface area contributed by atoms with Crippen LogP contribution in [0.15, 0.2) is 12.1 Å². The van der Waals surface area contributed by atoms with E-state index in [1.165, 1.54) is 6.07 Å². The largest absolute Gasteiger partial charge is 0.508 e. The summed E-state index contributed by atoms with van der Waals surface area (Å²) in [7, 11) is 0. The molecule has 0 bridgehead atoms. The van der Waals surface area contributed by atoms with E-state index in [0.29, 0.717) is 28.6 Å². The highest BCUT2D eigenvalue weighted by Crippen LogP contribution is 2.42. The molecule has 102 valence electrons. The average Bonchev–Trinajstić information content (AvgIpc) is 2.65. The maximum atomic E-state index is 12.0. The van der Waals surface area contributed by atoms with Crippen LogP contribution in [-0.2, 0) is 4.79 Å². The zero-order valence-corrected chi connectivity index (χ0v) is 11.7. The number of benzene rings is 1. The summed E-state index contributed by atoms with van der Waals surface area (Å²) >= 11 is 12.2. The van der Waals surface area contributed by atoms with Gasteiger partial charge in [0, 0.05) is 37.5 Å². The Morgan fingerprint density at radius 1 is 1.32 bits per heavy atom. The number of phenols is 1. The fourth-order valence-electron chi connectivity index (χ4n) is 2.72. The fourth-order valence-corrected chi connectivity index (χ4v) is 3.20. The zero-order chi connectivity index (χ0) is 13.6. The van der Waals surface area contributed by atoms with Crippen molar-refractivity contribution >= 4 is 29.1 Å². The SMILES string of the molecule is O=C1CC(c2c(O)ccc(Cl)c2Cl)CN1C1CNC1. The van der Waals surface area contributed by atoms with Crippen molar-refractivity contribution in [1.29, 1.82) is 0 Å². The lowest BCUT2D eigenvalue weighted by molar-refractivity contribution is -0.130. The fraction of sp³-hybridized carbons (Fsp3) is 0.462. The molecule has 0 aliphatic carbocycles.